The first-order valence-corrected chi connectivity index (χ1v) is 7.16. The smallest absolute Gasteiger partial charge is 0.311 e. The molecule has 0 bridgehead atoms. The zero-order chi connectivity index (χ0) is 18.0. The first-order valence-electron chi connectivity index (χ1n) is 7.16. The lowest BCUT2D eigenvalue weighted by Gasteiger charge is -2.06. The summed E-state index contributed by atoms with van der Waals surface area (Å²) in [5.41, 5.74) is 1.03. The van der Waals surface area contributed by atoms with Crippen LogP contribution in [0.5, 0.6) is 5.75 Å². The molecule has 0 saturated heterocycles. The SMILES string of the molecule is COc1ccc(/C(O)=C(\C#N)c2nc3ccccc3[nH]2)cc1[N+](=O)[O-]. The summed E-state index contributed by atoms with van der Waals surface area (Å²) in [6, 6.07) is 13.0. The quantitative estimate of drug-likeness (QED) is 0.325. The number of allylic oxidation sites excluding steroid dienone is 1. The van der Waals surface area contributed by atoms with E-state index in [1.807, 2.05) is 12.1 Å². The summed E-state index contributed by atoms with van der Waals surface area (Å²) in [7, 11) is 1.31. The van der Waals surface area contributed by atoms with Crippen molar-refractivity contribution >= 4 is 28.1 Å². The van der Waals surface area contributed by atoms with Crippen molar-refractivity contribution in [3.63, 3.8) is 0 Å². The van der Waals surface area contributed by atoms with Gasteiger partial charge in [-0.3, -0.25) is 10.1 Å². The molecular weight excluding hydrogens is 324 g/mol. The predicted molar refractivity (Wildman–Crippen MR) is 90.8 cm³/mol. The first-order chi connectivity index (χ1) is 12.0. The Morgan fingerprint density at radius 3 is 2.76 bits per heavy atom. The number of H-pyrrole nitrogens is 1. The van der Waals surface area contributed by atoms with Crippen molar-refractivity contribution in [1.82, 2.24) is 9.97 Å². The Hall–Kier alpha value is -3.86. The first kappa shape index (κ1) is 16.0. The number of rotatable bonds is 4. The van der Waals surface area contributed by atoms with Gasteiger partial charge in [0.1, 0.15) is 17.4 Å². The second kappa shape index (κ2) is 6.33. The van der Waals surface area contributed by atoms with Gasteiger partial charge in [-0.05, 0) is 24.3 Å². The number of aromatic nitrogens is 2. The molecule has 1 heterocycles. The number of methoxy groups -OCH3 is 1. The maximum absolute atomic E-state index is 11.1. The van der Waals surface area contributed by atoms with Crippen molar-refractivity contribution in [2.75, 3.05) is 7.11 Å². The van der Waals surface area contributed by atoms with Crippen LogP contribution in [0.1, 0.15) is 11.4 Å². The second-order valence-electron chi connectivity index (χ2n) is 5.08. The number of benzene rings is 2. The van der Waals surface area contributed by atoms with E-state index < -0.39 is 10.7 Å². The lowest BCUT2D eigenvalue weighted by atomic mass is 10.1. The third kappa shape index (κ3) is 2.86. The van der Waals surface area contributed by atoms with Crippen LogP contribution in [0.15, 0.2) is 42.5 Å². The molecule has 8 heteroatoms. The Balaban J connectivity index is 2.15. The van der Waals surface area contributed by atoms with Crippen molar-refractivity contribution in [3.05, 3.63) is 64.0 Å². The van der Waals surface area contributed by atoms with Gasteiger partial charge in [0, 0.05) is 11.6 Å². The van der Waals surface area contributed by atoms with Gasteiger partial charge in [0.25, 0.3) is 0 Å². The monoisotopic (exact) mass is 336 g/mol. The van der Waals surface area contributed by atoms with Gasteiger partial charge in [0.05, 0.1) is 23.1 Å². The number of aliphatic hydroxyl groups excluding tert-OH is 1. The zero-order valence-corrected chi connectivity index (χ0v) is 13.1. The van der Waals surface area contributed by atoms with Crippen molar-refractivity contribution in [1.29, 1.82) is 5.26 Å². The highest BCUT2D eigenvalue weighted by Gasteiger charge is 2.20. The molecule has 0 radical (unpaired) electrons. The number of imidazole rings is 1. The van der Waals surface area contributed by atoms with Crippen LogP contribution in [0.4, 0.5) is 5.69 Å². The maximum Gasteiger partial charge on any atom is 0.311 e. The Morgan fingerprint density at radius 1 is 1.36 bits per heavy atom. The third-order valence-corrected chi connectivity index (χ3v) is 3.62. The number of aromatic amines is 1. The average molecular weight is 336 g/mol. The lowest BCUT2D eigenvalue weighted by molar-refractivity contribution is -0.385. The number of nitro benzene ring substituents is 1. The number of para-hydroxylation sites is 2. The Kier molecular flexibility index (Phi) is 4.05. The molecule has 0 unspecified atom stereocenters. The van der Waals surface area contributed by atoms with Crippen LogP contribution in [0.3, 0.4) is 0 Å². The van der Waals surface area contributed by atoms with Gasteiger partial charge in [-0.25, -0.2) is 4.98 Å². The molecule has 0 spiro atoms. The molecule has 0 aliphatic rings. The fourth-order valence-corrected chi connectivity index (χ4v) is 2.41. The molecule has 1 aromatic heterocycles. The number of nitrogens with one attached hydrogen (secondary N) is 1. The van der Waals surface area contributed by atoms with E-state index >= 15 is 0 Å². The molecule has 2 N–H and O–H groups in total. The Bertz CT molecular complexity index is 1010. The predicted octanol–water partition coefficient (Wildman–Crippen LogP) is 3.43. The molecule has 3 aromatic rings. The highest BCUT2D eigenvalue weighted by Crippen LogP contribution is 2.32. The minimum Gasteiger partial charge on any atom is -0.506 e. The number of nitriles is 1. The number of ether oxygens (including phenoxy) is 1. The van der Waals surface area contributed by atoms with E-state index in [0.29, 0.717) is 11.0 Å². The number of nitrogens with zero attached hydrogens (tertiary/aromatic N) is 3. The van der Waals surface area contributed by atoms with Crippen molar-refractivity contribution in [2.45, 2.75) is 0 Å². The van der Waals surface area contributed by atoms with Crippen LogP contribution in [0.25, 0.3) is 22.4 Å². The highest BCUT2D eigenvalue weighted by atomic mass is 16.6. The number of aliphatic hydroxyl groups is 1. The van der Waals surface area contributed by atoms with Crippen LogP contribution >= 0.6 is 0 Å². The molecule has 0 aliphatic heterocycles. The normalized spacial score (nSPS) is 11.7. The van der Waals surface area contributed by atoms with Crippen LogP contribution in [0.2, 0.25) is 0 Å². The standard InChI is InChI=1S/C17H12N4O4/c1-25-15-7-6-10(8-14(15)21(23)24)16(22)11(9-18)17-19-12-4-2-3-5-13(12)20-17/h2-8,22H,1H3,(H,19,20)/b16-11-. The van der Waals surface area contributed by atoms with Crippen LogP contribution in [0, 0.1) is 21.4 Å². The molecule has 0 atom stereocenters. The minimum absolute atomic E-state index is 0.0591. The summed E-state index contributed by atoms with van der Waals surface area (Å²) < 4.78 is 4.93. The van der Waals surface area contributed by atoms with Gasteiger partial charge < -0.3 is 14.8 Å². The molecule has 124 valence electrons. The summed E-state index contributed by atoms with van der Waals surface area (Å²) >= 11 is 0. The van der Waals surface area contributed by atoms with E-state index in [1.165, 1.54) is 19.2 Å². The topological polar surface area (TPSA) is 125 Å². The Morgan fingerprint density at radius 2 is 2.12 bits per heavy atom. The third-order valence-electron chi connectivity index (χ3n) is 3.62. The Labute approximate surface area is 141 Å². The minimum atomic E-state index is -0.622. The lowest BCUT2D eigenvalue weighted by Crippen LogP contribution is -1.97. The second-order valence-corrected chi connectivity index (χ2v) is 5.08. The zero-order valence-electron chi connectivity index (χ0n) is 13.1. The largest absolute Gasteiger partial charge is 0.506 e. The molecule has 0 amide bonds. The summed E-state index contributed by atoms with van der Waals surface area (Å²) in [5.74, 6) is -0.171. The van der Waals surface area contributed by atoms with E-state index in [-0.39, 0.29) is 28.4 Å². The van der Waals surface area contributed by atoms with Crippen LogP contribution in [-0.4, -0.2) is 27.1 Å². The number of hydrogen-bond donors (Lipinski definition) is 2. The van der Waals surface area contributed by atoms with Crippen molar-refractivity contribution in [2.24, 2.45) is 0 Å². The van der Waals surface area contributed by atoms with E-state index in [0.717, 1.165) is 6.07 Å². The molecule has 2 aromatic carbocycles. The van der Waals surface area contributed by atoms with Gasteiger partial charge in [-0.15, -0.1) is 0 Å². The van der Waals surface area contributed by atoms with Gasteiger partial charge in [0.15, 0.2) is 11.6 Å². The molecular formula is C17H12N4O4. The van der Waals surface area contributed by atoms with Gasteiger partial charge >= 0.3 is 5.69 Å². The van der Waals surface area contributed by atoms with Gasteiger partial charge in [0.2, 0.25) is 0 Å². The molecule has 3 rings (SSSR count). The molecule has 8 nitrogen and oxygen atoms in total. The van der Waals surface area contributed by atoms with Crippen LogP contribution in [-0.2, 0) is 0 Å². The molecule has 0 saturated carbocycles. The molecule has 0 aliphatic carbocycles. The fraction of sp³-hybridized carbons (Fsp3) is 0.0588. The number of nitro groups is 1. The van der Waals surface area contributed by atoms with Gasteiger partial charge in [-0.2, -0.15) is 5.26 Å². The van der Waals surface area contributed by atoms with Crippen molar-refractivity contribution < 1.29 is 14.8 Å². The maximum atomic E-state index is 11.1. The summed E-state index contributed by atoms with van der Waals surface area (Å²) in [6.45, 7) is 0. The van der Waals surface area contributed by atoms with E-state index in [1.54, 1.807) is 18.2 Å². The number of fused-ring (bicyclic) bond motifs is 1. The van der Waals surface area contributed by atoms with E-state index in [4.69, 9.17) is 4.74 Å². The number of hydrogen-bond acceptors (Lipinski definition) is 6. The highest BCUT2D eigenvalue weighted by molar-refractivity contribution is 5.94. The molecule has 25 heavy (non-hydrogen) atoms. The average Bonchev–Trinajstić information content (AvgIpc) is 3.05. The van der Waals surface area contributed by atoms with Crippen LogP contribution < -0.4 is 4.74 Å². The fourth-order valence-electron chi connectivity index (χ4n) is 2.41. The van der Waals surface area contributed by atoms with Crippen molar-refractivity contribution in [3.8, 4) is 11.8 Å². The summed E-state index contributed by atoms with van der Waals surface area (Å²) in [6.07, 6.45) is 0. The van der Waals surface area contributed by atoms with Gasteiger partial charge in [-0.1, -0.05) is 12.1 Å². The summed E-state index contributed by atoms with van der Waals surface area (Å²) in [5, 5.41) is 31.0. The van der Waals surface area contributed by atoms with E-state index in [9.17, 15) is 20.5 Å². The molecule has 0 fully saturated rings. The summed E-state index contributed by atoms with van der Waals surface area (Å²) in [4.78, 5) is 17.7. The van der Waals surface area contributed by atoms with E-state index in [2.05, 4.69) is 9.97 Å².